The molecule has 0 saturated heterocycles. The van der Waals surface area contributed by atoms with Crippen molar-refractivity contribution in [2.24, 2.45) is 0 Å². The van der Waals surface area contributed by atoms with Crippen molar-refractivity contribution in [3.05, 3.63) is 65.0 Å². The zero-order valence-electron chi connectivity index (χ0n) is 11.0. The van der Waals surface area contributed by atoms with E-state index in [1.54, 1.807) is 6.20 Å². The first-order valence-corrected chi connectivity index (χ1v) is 6.23. The first-order chi connectivity index (χ1) is 9.13. The van der Waals surface area contributed by atoms with Crippen LogP contribution in [0.1, 0.15) is 29.8 Å². The van der Waals surface area contributed by atoms with E-state index in [4.69, 9.17) is 0 Å². The molecule has 1 heterocycles. The molecule has 0 spiro atoms. The van der Waals surface area contributed by atoms with Crippen LogP contribution < -0.4 is 5.32 Å². The van der Waals surface area contributed by atoms with Gasteiger partial charge in [0, 0.05) is 11.8 Å². The van der Waals surface area contributed by atoms with Crippen LogP contribution >= 0.6 is 0 Å². The Kier molecular flexibility index (Phi) is 4.22. The van der Waals surface area contributed by atoms with Gasteiger partial charge in [0.2, 0.25) is 0 Å². The van der Waals surface area contributed by atoms with Crippen LogP contribution in [-0.4, -0.2) is 11.5 Å². The first-order valence-electron chi connectivity index (χ1n) is 6.23. The molecule has 0 aliphatic carbocycles. The molecular weight excluding hydrogens is 246 g/mol. The molecule has 19 heavy (non-hydrogen) atoms. The van der Waals surface area contributed by atoms with E-state index in [9.17, 15) is 8.78 Å². The number of aromatic nitrogens is 1. The number of hydrogen-bond acceptors (Lipinski definition) is 2. The Morgan fingerprint density at radius 3 is 2.47 bits per heavy atom. The Morgan fingerprint density at radius 1 is 1.21 bits per heavy atom. The van der Waals surface area contributed by atoms with Crippen LogP contribution in [0.4, 0.5) is 8.78 Å². The fourth-order valence-corrected chi connectivity index (χ4v) is 2.06. The number of aryl methyl sites for hydroxylation is 1. The lowest BCUT2D eigenvalue weighted by Gasteiger charge is -2.19. The minimum Gasteiger partial charge on any atom is -0.305 e. The molecule has 0 fully saturated rings. The van der Waals surface area contributed by atoms with E-state index in [2.05, 4.69) is 10.3 Å². The third kappa shape index (κ3) is 2.96. The average molecular weight is 262 g/mol. The molecule has 0 aliphatic rings. The van der Waals surface area contributed by atoms with Crippen molar-refractivity contribution in [3.8, 4) is 0 Å². The lowest BCUT2D eigenvalue weighted by Crippen LogP contribution is -2.25. The predicted octanol–water partition coefficient (Wildman–Crippen LogP) is 3.37. The number of halogens is 2. The summed E-state index contributed by atoms with van der Waals surface area (Å²) in [6.07, 6.45) is 1.65. The highest BCUT2D eigenvalue weighted by Gasteiger charge is 2.22. The average Bonchev–Trinajstić information content (AvgIpc) is 2.37. The minimum absolute atomic E-state index is 0.0162. The molecule has 0 bridgehead atoms. The normalized spacial score (nSPS) is 12.4. The maximum absolute atomic E-state index is 13.9. The van der Waals surface area contributed by atoms with Crippen LogP contribution in [0.15, 0.2) is 36.5 Å². The molecule has 1 aromatic heterocycles. The van der Waals surface area contributed by atoms with Gasteiger partial charge in [-0.05, 0) is 43.3 Å². The standard InChI is InChI=1S/C15H16F2N2/c1-3-18-15(13-9-10(2)7-8-19-13)14-11(16)5-4-6-12(14)17/h4-9,15,18H,3H2,1-2H3. The van der Waals surface area contributed by atoms with Gasteiger partial charge >= 0.3 is 0 Å². The lowest BCUT2D eigenvalue weighted by atomic mass is 10.0. The maximum Gasteiger partial charge on any atom is 0.131 e. The number of rotatable bonds is 4. The van der Waals surface area contributed by atoms with Gasteiger partial charge < -0.3 is 5.32 Å². The van der Waals surface area contributed by atoms with E-state index >= 15 is 0 Å². The summed E-state index contributed by atoms with van der Waals surface area (Å²) < 4.78 is 27.8. The molecule has 0 saturated carbocycles. The fraction of sp³-hybridized carbons (Fsp3) is 0.267. The zero-order chi connectivity index (χ0) is 13.8. The predicted molar refractivity (Wildman–Crippen MR) is 70.9 cm³/mol. The number of pyridine rings is 1. The Morgan fingerprint density at radius 2 is 1.89 bits per heavy atom. The van der Waals surface area contributed by atoms with Crippen molar-refractivity contribution in [3.63, 3.8) is 0 Å². The number of hydrogen-bond donors (Lipinski definition) is 1. The second-order valence-electron chi connectivity index (χ2n) is 4.38. The van der Waals surface area contributed by atoms with Gasteiger partial charge in [-0.1, -0.05) is 13.0 Å². The Hall–Kier alpha value is -1.81. The number of nitrogens with zero attached hydrogens (tertiary/aromatic N) is 1. The Labute approximate surface area is 111 Å². The Balaban J connectivity index is 2.51. The van der Waals surface area contributed by atoms with Gasteiger partial charge in [0.25, 0.3) is 0 Å². The minimum atomic E-state index is -0.578. The van der Waals surface area contributed by atoms with Crippen LogP contribution in [-0.2, 0) is 0 Å². The summed E-state index contributed by atoms with van der Waals surface area (Å²) in [5.41, 5.74) is 1.64. The SMILES string of the molecule is CCNC(c1cc(C)ccn1)c1c(F)cccc1F. The monoisotopic (exact) mass is 262 g/mol. The molecule has 0 aliphatic heterocycles. The van der Waals surface area contributed by atoms with Gasteiger partial charge in [0.1, 0.15) is 11.6 Å². The van der Waals surface area contributed by atoms with Crippen molar-refractivity contribution >= 4 is 0 Å². The van der Waals surface area contributed by atoms with Gasteiger partial charge in [-0.3, -0.25) is 4.98 Å². The van der Waals surface area contributed by atoms with E-state index in [-0.39, 0.29) is 5.56 Å². The first kappa shape index (κ1) is 13.6. The molecule has 1 unspecified atom stereocenters. The molecule has 2 nitrogen and oxygen atoms in total. The summed E-state index contributed by atoms with van der Waals surface area (Å²) in [6.45, 7) is 4.40. The van der Waals surface area contributed by atoms with Crippen LogP contribution in [0.3, 0.4) is 0 Å². The van der Waals surface area contributed by atoms with Gasteiger partial charge in [-0.2, -0.15) is 0 Å². The summed E-state index contributed by atoms with van der Waals surface area (Å²) in [4.78, 5) is 4.22. The molecule has 0 radical (unpaired) electrons. The summed E-state index contributed by atoms with van der Waals surface area (Å²) in [5, 5.41) is 3.08. The molecule has 0 amide bonds. The fourth-order valence-electron chi connectivity index (χ4n) is 2.06. The number of benzene rings is 1. The van der Waals surface area contributed by atoms with E-state index in [1.165, 1.54) is 18.2 Å². The third-order valence-electron chi connectivity index (χ3n) is 2.93. The zero-order valence-corrected chi connectivity index (χ0v) is 11.0. The molecule has 1 atom stereocenters. The summed E-state index contributed by atoms with van der Waals surface area (Å²) >= 11 is 0. The highest BCUT2D eigenvalue weighted by atomic mass is 19.1. The molecule has 4 heteroatoms. The molecule has 1 aromatic carbocycles. The third-order valence-corrected chi connectivity index (χ3v) is 2.93. The van der Waals surface area contributed by atoms with Crippen molar-refractivity contribution in [2.75, 3.05) is 6.54 Å². The molecule has 100 valence electrons. The highest BCUT2D eigenvalue weighted by Crippen LogP contribution is 2.26. The van der Waals surface area contributed by atoms with Gasteiger partial charge in [-0.15, -0.1) is 0 Å². The number of nitrogens with one attached hydrogen (secondary N) is 1. The maximum atomic E-state index is 13.9. The quantitative estimate of drug-likeness (QED) is 0.913. The molecule has 2 aromatic rings. The van der Waals surface area contributed by atoms with Crippen molar-refractivity contribution < 1.29 is 8.78 Å². The lowest BCUT2D eigenvalue weighted by molar-refractivity contribution is 0.505. The van der Waals surface area contributed by atoms with Crippen molar-refractivity contribution in [1.29, 1.82) is 0 Å². The summed E-state index contributed by atoms with van der Waals surface area (Å²) in [6, 6.07) is 6.99. The van der Waals surface area contributed by atoms with Gasteiger partial charge in [0.05, 0.1) is 11.7 Å². The molecular formula is C15H16F2N2. The smallest absolute Gasteiger partial charge is 0.131 e. The second-order valence-corrected chi connectivity index (χ2v) is 4.38. The molecule has 1 N–H and O–H groups in total. The summed E-state index contributed by atoms with van der Waals surface area (Å²) in [7, 11) is 0. The van der Waals surface area contributed by atoms with Crippen molar-refractivity contribution in [1.82, 2.24) is 10.3 Å². The summed E-state index contributed by atoms with van der Waals surface area (Å²) in [5.74, 6) is -1.12. The van der Waals surface area contributed by atoms with E-state index in [0.29, 0.717) is 12.2 Å². The largest absolute Gasteiger partial charge is 0.305 e. The van der Waals surface area contributed by atoms with Crippen LogP contribution in [0, 0.1) is 18.6 Å². The topological polar surface area (TPSA) is 24.9 Å². The molecule has 2 rings (SSSR count). The second kappa shape index (κ2) is 5.89. The van der Waals surface area contributed by atoms with Crippen LogP contribution in [0.5, 0.6) is 0 Å². The van der Waals surface area contributed by atoms with E-state index < -0.39 is 17.7 Å². The Bertz CT molecular complexity index is 550. The van der Waals surface area contributed by atoms with E-state index in [0.717, 1.165) is 5.56 Å². The van der Waals surface area contributed by atoms with Gasteiger partial charge in [0.15, 0.2) is 0 Å². The highest BCUT2D eigenvalue weighted by molar-refractivity contribution is 5.31. The van der Waals surface area contributed by atoms with E-state index in [1.807, 2.05) is 26.0 Å². The van der Waals surface area contributed by atoms with Crippen LogP contribution in [0.2, 0.25) is 0 Å². The van der Waals surface area contributed by atoms with Crippen LogP contribution in [0.25, 0.3) is 0 Å². The van der Waals surface area contributed by atoms with Gasteiger partial charge in [-0.25, -0.2) is 8.78 Å². The van der Waals surface area contributed by atoms with Crippen molar-refractivity contribution in [2.45, 2.75) is 19.9 Å².